The van der Waals surface area contributed by atoms with Crippen LogP contribution in [0.5, 0.6) is 0 Å². The Kier molecular flexibility index (Phi) is 5.19. The van der Waals surface area contributed by atoms with Gasteiger partial charge in [0.25, 0.3) is 5.91 Å². The summed E-state index contributed by atoms with van der Waals surface area (Å²) in [6, 6.07) is 14.2. The number of alkyl halides is 1. The third-order valence-corrected chi connectivity index (χ3v) is 9.91. The van der Waals surface area contributed by atoms with Crippen LogP contribution in [0.25, 0.3) is 0 Å². The molecule has 6 rings (SSSR count). The van der Waals surface area contributed by atoms with Gasteiger partial charge < -0.3 is 5.32 Å². The Labute approximate surface area is 195 Å². The van der Waals surface area contributed by atoms with E-state index in [4.69, 9.17) is 11.6 Å². The molecule has 1 amide bonds. The first-order chi connectivity index (χ1) is 15.1. The highest BCUT2D eigenvalue weighted by atomic mass is 35.5. The Morgan fingerprint density at radius 1 is 0.969 bits per heavy atom. The fourth-order valence-electron chi connectivity index (χ4n) is 6.59. The number of hydrogen-bond donors (Lipinski definition) is 1. The number of carbonyl (C=O) groups is 1. The van der Waals surface area contributed by atoms with E-state index in [2.05, 4.69) is 17.4 Å². The molecule has 4 aliphatic rings. The SMILES string of the molecule is CN(C)S(=O)(=O)c1ccc(C(=O)Nc2ccc(C34C[C@@H]5C[C@@H](CC(Cl)(C5)C3)C4)cc2)cc1. The fraction of sp³-hybridized carbons (Fsp3) is 0.480. The lowest BCUT2D eigenvalue weighted by atomic mass is 9.47. The topological polar surface area (TPSA) is 66.5 Å². The number of halogens is 1. The lowest BCUT2D eigenvalue weighted by molar-refractivity contribution is 0.00900. The number of nitrogens with zero attached hydrogens (tertiary/aromatic N) is 1. The lowest BCUT2D eigenvalue weighted by Gasteiger charge is -2.60. The number of amides is 1. The van der Waals surface area contributed by atoms with Gasteiger partial charge in [0.1, 0.15) is 0 Å². The maximum atomic E-state index is 12.7. The fourth-order valence-corrected chi connectivity index (χ4v) is 8.18. The first kappa shape index (κ1) is 21.9. The predicted octanol–water partition coefficient (Wildman–Crippen LogP) is 5.02. The molecule has 7 heteroatoms. The zero-order valence-electron chi connectivity index (χ0n) is 18.5. The van der Waals surface area contributed by atoms with E-state index in [-0.39, 0.29) is 21.1 Å². The van der Waals surface area contributed by atoms with Crippen LogP contribution >= 0.6 is 11.6 Å². The van der Waals surface area contributed by atoms with Gasteiger partial charge in [-0.15, -0.1) is 11.6 Å². The summed E-state index contributed by atoms with van der Waals surface area (Å²) in [7, 11) is -0.550. The minimum absolute atomic E-state index is 0.0246. The van der Waals surface area contributed by atoms with Gasteiger partial charge in [-0.3, -0.25) is 4.79 Å². The minimum Gasteiger partial charge on any atom is -0.322 e. The van der Waals surface area contributed by atoms with Crippen LogP contribution in [0.15, 0.2) is 53.4 Å². The molecular weight excluding hydrogens is 444 g/mol. The molecule has 4 fully saturated rings. The van der Waals surface area contributed by atoms with Gasteiger partial charge in [-0.25, -0.2) is 12.7 Å². The summed E-state index contributed by atoms with van der Waals surface area (Å²) in [6.07, 6.45) is 7.17. The molecule has 170 valence electrons. The third kappa shape index (κ3) is 3.76. The van der Waals surface area contributed by atoms with Crippen LogP contribution in [0.4, 0.5) is 5.69 Å². The van der Waals surface area contributed by atoms with Gasteiger partial charge in [-0.05, 0) is 97.7 Å². The van der Waals surface area contributed by atoms with E-state index in [9.17, 15) is 13.2 Å². The van der Waals surface area contributed by atoms with Gasteiger partial charge in [0.2, 0.25) is 10.0 Å². The monoisotopic (exact) mass is 472 g/mol. The summed E-state index contributed by atoms with van der Waals surface area (Å²) in [5.74, 6) is 1.22. The van der Waals surface area contributed by atoms with Crippen molar-refractivity contribution in [3.8, 4) is 0 Å². The van der Waals surface area contributed by atoms with Crippen molar-refractivity contribution in [2.45, 2.75) is 53.7 Å². The molecule has 4 atom stereocenters. The Hall–Kier alpha value is -1.89. The number of rotatable bonds is 5. The number of carbonyl (C=O) groups excluding carboxylic acids is 1. The summed E-state index contributed by atoms with van der Waals surface area (Å²) in [5.41, 5.74) is 2.67. The predicted molar refractivity (Wildman–Crippen MR) is 127 cm³/mol. The van der Waals surface area contributed by atoms with Crippen LogP contribution in [0.1, 0.15) is 54.4 Å². The number of sulfonamides is 1. The Morgan fingerprint density at radius 3 is 2.09 bits per heavy atom. The molecule has 0 saturated heterocycles. The normalized spacial score (nSPS) is 31.1. The molecule has 1 N–H and O–H groups in total. The molecule has 5 nitrogen and oxygen atoms in total. The van der Waals surface area contributed by atoms with Crippen LogP contribution in [-0.2, 0) is 15.4 Å². The molecule has 0 heterocycles. The van der Waals surface area contributed by atoms with Gasteiger partial charge >= 0.3 is 0 Å². The van der Waals surface area contributed by atoms with Crippen molar-refractivity contribution in [1.82, 2.24) is 4.31 Å². The molecule has 4 saturated carbocycles. The van der Waals surface area contributed by atoms with Crippen LogP contribution in [-0.4, -0.2) is 37.6 Å². The van der Waals surface area contributed by atoms with Gasteiger partial charge in [-0.1, -0.05) is 12.1 Å². The summed E-state index contributed by atoms with van der Waals surface area (Å²) >= 11 is 7.00. The molecule has 0 radical (unpaired) electrons. The molecule has 2 aromatic carbocycles. The average molecular weight is 473 g/mol. The second-order valence-electron chi connectivity index (χ2n) is 10.2. The minimum atomic E-state index is -3.51. The van der Waals surface area contributed by atoms with E-state index >= 15 is 0 Å². The van der Waals surface area contributed by atoms with Crippen molar-refractivity contribution in [2.75, 3.05) is 19.4 Å². The standard InChI is InChI=1S/C25H29ClN2O3S/c1-28(2)32(30,31)22-9-3-19(4-10-22)23(29)27-21-7-5-20(6-8-21)24-12-17-11-18(13-24)15-25(26,14-17)16-24/h3-10,17-18H,11-16H2,1-2H3,(H,27,29)/t17-,18+,24?,25?. The lowest BCUT2D eigenvalue weighted by Crippen LogP contribution is -2.55. The van der Waals surface area contributed by atoms with Crippen molar-refractivity contribution < 1.29 is 13.2 Å². The second kappa shape index (κ2) is 7.57. The van der Waals surface area contributed by atoms with Crippen molar-refractivity contribution >= 4 is 33.2 Å². The summed E-state index contributed by atoms with van der Waals surface area (Å²) in [4.78, 5) is 12.8. The van der Waals surface area contributed by atoms with E-state index < -0.39 is 10.0 Å². The van der Waals surface area contributed by atoms with E-state index in [1.807, 2.05) is 12.1 Å². The molecule has 0 aliphatic heterocycles. The van der Waals surface area contributed by atoms with Gasteiger partial charge in [0.15, 0.2) is 0 Å². The molecule has 2 unspecified atom stereocenters. The average Bonchev–Trinajstić information content (AvgIpc) is 2.72. The number of anilines is 1. The summed E-state index contributed by atoms with van der Waals surface area (Å²) < 4.78 is 25.6. The van der Waals surface area contributed by atoms with Crippen molar-refractivity contribution in [1.29, 1.82) is 0 Å². The Balaban J connectivity index is 1.30. The van der Waals surface area contributed by atoms with E-state index in [1.54, 1.807) is 0 Å². The van der Waals surface area contributed by atoms with Gasteiger partial charge in [0, 0.05) is 30.2 Å². The maximum Gasteiger partial charge on any atom is 0.255 e. The first-order valence-electron chi connectivity index (χ1n) is 11.2. The Bertz CT molecular complexity index is 1130. The number of nitrogens with one attached hydrogen (secondary N) is 1. The molecule has 4 aliphatic carbocycles. The zero-order chi connectivity index (χ0) is 22.7. The molecule has 32 heavy (non-hydrogen) atoms. The molecule has 4 bridgehead atoms. The van der Waals surface area contributed by atoms with Gasteiger partial charge in [0.05, 0.1) is 4.90 Å². The number of benzene rings is 2. The van der Waals surface area contributed by atoms with E-state index in [1.165, 1.54) is 63.2 Å². The highest BCUT2D eigenvalue weighted by molar-refractivity contribution is 7.89. The van der Waals surface area contributed by atoms with Crippen LogP contribution in [0.2, 0.25) is 0 Å². The third-order valence-electron chi connectivity index (χ3n) is 7.64. The highest BCUT2D eigenvalue weighted by Crippen LogP contribution is 2.64. The zero-order valence-corrected chi connectivity index (χ0v) is 20.0. The first-order valence-corrected chi connectivity index (χ1v) is 13.0. The van der Waals surface area contributed by atoms with Crippen LogP contribution < -0.4 is 5.32 Å². The highest BCUT2D eigenvalue weighted by Gasteiger charge is 2.57. The van der Waals surface area contributed by atoms with Crippen molar-refractivity contribution in [2.24, 2.45) is 11.8 Å². The number of hydrogen-bond acceptors (Lipinski definition) is 3. The quantitative estimate of drug-likeness (QED) is 0.621. The maximum absolute atomic E-state index is 12.7. The molecule has 2 aromatic rings. The smallest absolute Gasteiger partial charge is 0.255 e. The molecule has 0 aromatic heterocycles. The van der Waals surface area contributed by atoms with Crippen LogP contribution in [0, 0.1) is 11.8 Å². The second-order valence-corrected chi connectivity index (χ2v) is 13.2. The van der Waals surface area contributed by atoms with E-state index in [0.717, 1.165) is 41.1 Å². The van der Waals surface area contributed by atoms with Crippen molar-refractivity contribution in [3.05, 3.63) is 59.7 Å². The summed E-state index contributed by atoms with van der Waals surface area (Å²) in [6.45, 7) is 0. The Morgan fingerprint density at radius 2 is 1.56 bits per heavy atom. The van der Waals surface area contributed by atoms with E-state index in [0.29, 0.717) is 5.56 Å². The summed E-state index contributed by atoms with van der Waals surface area (Å²) in [5, 5.41) is 2.92. The van der Waals surface area contributed by atoms with Gasteiger partial charge in [-0.2, -0.15) is 0 Å². The largest absolute Gasteiger partial charge is 0.322 e. The molecule has 0 spiro atoms. The van der Waals surface area contributed by atoms with Crippen LogP contribution in [0.3, 0.4) is 0 Å². The molecular formula is C25H29ClN2O3S. The van der Waals surface area contributed by atoms with Crippen molar-refractivity contribution in [3.63, 3.8) is 0 Å².